The smallest absolute Gasteiger partial charge is 0.0220 e. The van der Waals surface area contributed by atoms with E-state index in [0.717, 1.165) is 5.92 Å². The second-order valence-corrected chi connectivity index (χ2v) is 5.33. The minimum Gasteiger partial charge on any atom is -0.315 e. The van der Waals surface area contributed by atoms with Gasteiger partial charge in [-0.3, -0.25) is 0 Å². The molecule has 1 aliphatic rings. The van der Waals surface area contributed by atoms with Gasteiger partial charge in [0.05, 0.1) is 0 Å². The third kappa shape index (κ3) is 4.12. The first-order chi connectivity index (χ1) is 7.15. The molecular formula is C13H28N2. The number of hydrogen-bond donors (Lipinski definition) is 1. The van der Waals surface area contributed by atoms with Gasteiger partial charge >= 0.3 is 0 Å². The van der Waals surface area contributed by atoms with Gasteiger partial charge in [-0.2, -0.15) is 0 Å². The molecule has 2 nitrogen and oxygen atoms in total. The maximum Gasteiger partial charge on any atom is 0.0220 e. The summed E-state index contributed by atoms with van der Waals surface area (Å²) in [5, 5.41) is 3.52. The fourth-order valence-corrected chi connectivity index (χ4v) is 2.53. The molecule has 0 aromatic rings. The predicted molar refractivity (Wildman–Crippen MR) is 67.2 cm³/mol. The molecule has 0 radical (unpaired) electrons. The molecule has 0 bridgehead atoms. The van der Waals surface area contributed by atoms with E-state index in [0.29, 0.717) is 12.1 Å². The Balaban J connectivity index is 2.39. The first kappa shape index (κ1) is 13.0. The van der Waals surface area contributed by atoms with E-state index >= 15 is 0 Å². The fraction of sp³-hybridized carbons (Fsp3) is 1.00. The van der Waals surface area contributed by atoms with E-state index in [9.17, 15) is 0 Å². The highest BCUT2D eigenvalue weighted by atomic mass is 15.1. The number of nitrogens with zero attached hydrogens (tertiary/aromatic N) is 1. The Morgan fingerprint density at radius 2 is 1.80 bits per heavy atom. The van der Waals surface area contributed by atoms with Crippen LogP contribution < -0.4 is 5.32 Å². The lowest BCUT2D eigenvalue weighted by atomic mass is 9.83. The lowest BCUT2D eigenvalue weighted by Gasteiger charge is -2.34. The Morgan fingerprint density at radius 3 is 2.27 bits per heavy atom. The summed E-state index contributed by atoms with van der Waals surface area (Å²) < 4.78 is 0. The molecule has 0 amide bonds. The van der Waals surface area contributed by atoms with Gasteiger partial charge in [-0.1, -0.05) is 19.3 Å². The van der Waals surface area contributed by atoms with Crippen molar-refractivity contribution in [3.8, 4) is 0 Å². The highest BCUT2D eigenvalue weighted by Crippen LogP contribution is 2.26. The van der Waals surface area contributed by atoms with Crippen molar-refractivity contribution < 1.29 is 0 Å². The molecule has 1 N–H and O–H groups in total. The van der Waals surface area contributed by atoms with Crippen LogP contribution in [0.4, 0.5) is 0 Å². The largest absolute Gasteiger partial charge is 0.315 e. The maximum atomic E-state index is 3.52. The van der Waals surface area contributed by atoms with Crippen molar-refractivity contribution in [3.05, 3.63) is 0 Å². The molecule has 0 aromatic heterocycles. The van der Waals surface area contributed by atoms with Crippen molar-refractivity contribution in [1.82, 2.24) is 10.2 Å². The molecule has 1 atom stereocenters. The number of likely N-dealkylation sites (N-methyl/N-ethyl adjacent to an activating group) is 2. The molecule has 15 heavy (non-hydrogen) atoms. The zero-order chi connectivity index (χ0) is 11.3. The lowest BCUT2D eigenvalue weighted by Crippen LogP contribution is -2.45. The normalized spacial score (nSPS) is 21.2. The predicted octanol–water partition coefficient (Wildman–Crippen LogP) is 2.49. The van der Waals surface area contributed by atoms with E-state index in [1.54, 1.807) is 0 Å². The molecule has 1 saturated carbocycles. The second kappa shape index (κ2) is 6.49. The van der Waals surface area contributed by atoms with Crippen molar-refractivity contribution in [3.63, 3.8) is 0 Å². The van der Waals surface area contributed by atoms with Gasteiger partial charge in [-0.05, 0) is 46.7 Å². The van der Waals surface area contributed by atoms with Crippen LogP contribution in [-0.4, -0.2) is 37.6 Å². The fourth-order valence-electron chi connectivity index (χ4n) is 2.53. The van der Waals surface area contributed by atoms with Crippen LogP contribution in [-0.2, 0) is 0 Å². The minimum atomic E-state index is 0.657. The molecule has 1 rings (SSSR count). The van der Waals surface area contributed by atoms with Gasteiger partial charge in [-0.25, -0.2) is 0 Å². The third-order valence-corrected chi connectivity index (χ3v) is 3.96. The number of hydrogen-bond acceptors (Lipinski definition) is 2. The van der Waals surface area contributed by atoms with E-state index in [1.165, 1.54) is 38.6 Å². The Kier molecular flexibility index (Phi) is 5.62. The molecule has 0 aliphatic heterocycles. The number of nitrogens with one attached hydrogen (secondary N) is 1. The molecule has 0 aromatic carbocycles. The van der Waals surface area contributed by atoms with Gasteiger partial charge < -0.3 is 10.2 Å². The summed E-state index contributed by atoms with van der Waals surface area (Å²) in [4.78, 5) is 2.45. The van der Waals surface area contributed by atoms with Crippen LogP contribution in [0.3, 0.4) is 0 Å². The summed E-state index contributed by atoms with van der Waals surface area (Å²) in [6.07, 6.45) is 7.18. The monoisotopic (exact) mass is 212 g/mol. The van der Waals surface area contributed by atoms with Gasteiger partial charge in [0.1, 0.15) is 0 Å². The average molecular weight is 212 g/mol. The van der Waals surface area contributed by atoms with Gasteiger partial charge in [-0.15, -0.1) is 0 Å². The molecular weight excluding hydrogens is 184 g/mol. The molecule has 1 fully saturated rings. The van der Waals surface area contributed by atoms with Crippen LogP contribution in [0, 0.1) is 5.92 Å². The van der Waals surface area contributed by atoms with E-state index in [1.807, 2.05) is 0 Å². The van der Waals surface area contributed by atoms with Crippen molar-refractivity contribution in [2.24, 2.45) is 5.92 Å². The highest BCUT2D eigenvalue weighted by Gasteiger charge is 2.23. The van der Waals surface area contributed by atoms with Crippen molar-refractivity contribution in [2.45, 2.75) is 58.0 Å². The Morgan fingerprint density at radius 1 is 1.20 bits per heavy atom. The molecule has 1 unspecified atom stereocenters. The summed E-state index contributed by atoms with van der Waals surface area (Å²) in [6.45, 7) is 5.74. The summed E-state index contributed by atoms with van der Waals surface area (Å²) in [6, 6.07) is 1.35. The van der Waals surface area contributed by atoms with Crippen LogP contribution in [0.2, 0.25) is 0 Å². The van der Waals surface area contributed by atoms with Crippen molar-refractivity contribution in [2.75, 3.05) is 20.6 Å². The minimum absolute atomic E-state index is 0.657. The van der Waals surface area contributed by atoms with Gasteiger partial charge in [0.2, 0.25) is 0 Å². The standard InChI is InChI=1S/C13H28N2/c1-11(2)15(4)10-13(14-3)12-8-6-5-7-9-12/h11-14H,5-10H2,1-4H3. The second-order valence-electron chi connectivity index (χ2n) is 5.33. The topological polar surface area (TPSA) is 15.3 Å². The summed E-state index contributed by atoms with van der Waals surface area (Å²) in [5.74, 6) is 0.907. The van der Waals surface area contributed by atoms with Crippen molar-refractivity contribution in [1.29, 1.82) is 0 Å². The van der Waals surface area contributed by atoms with Gasteiger partial charge in [0.15, 0.2) is 0 Å². The molecule has 0 saturated heterocycles. The highest BCUT2D eigenvalue weighted by molar-refractivity contribution is 4.81. The summed E-state index contributed by atoms with van der Waals surface area (Å²) >= 11 is 0. The Labute approximate surface area is 95.4 Å². The van der Waals surface area contributed by atoms with Crippen LogP contribution in [0.1, 0.15) is 46.0 Å². The zero-order valence-corrected chi connectivity index (χ0v) is 10.9. The maximum absolute atomic E-state index is 3.52. The van der Waals surface area contributed by atoms with E-state index in [-0.39, 0.29) is 0 Å². The van der Waals surface area contributed by atoms with Gasteiger partial charge in [0.25, 0.3) is 0 Å². The van der Waals surface area contributed by atoms with Crippen LogP contribution >= 0.6 is 0 Å². The first-order valence-electron chi connectivity index (χ1n) is 6.52. The third-order valence-electron chi connectivity index (χ3n) is 3.96. The molecule has 1 aliphatic carbocycles. The van der Waals surface area contributed by atoms with E-state index in [2.05, 4.69) is 38.2 Å². The van der Waals surface area contributed by atoms with E-state index in [4.69, 9.17) is 0 Å². The van der Waals surface area contributed by atoms with Crippen LogP contribution in [0.15, 0.2) is 0 Å². The lowest BCUT2D eigenvalue weighted by molar-refractivity contribution is 0.188. The Hall–Kier alpha value is -0.0800. The molecule has 2 heteroatoms. The summed E-state index contributed by atoms with van der Waals surface area (Å²) in [5.41, 5.74) is 0. The van der Waals surface area contributed by atoms with Gasteiger partial charge in [0, 0.05) is 18.6 Å². The molecule has 0 spiro atoms. The van der Waals surface area contributed by atoms with Crippen LogP contribution in [0.25, 0.3) is 0 Å². The van der Waals surface area contributed by atoms with Crippen molar-refractivity contribution >= 4 is 0 Å². The van der Waals surface area contributed by atoms with Crippen LogP contribution in [0.5, 0.6) is 0 Å². The zero-order valence-electron chi connectivity index (χ0n) is 10.9. The molecule has 90 valence electrons. The average Bonchev–Trinajstić information content (AvgIpc) is 2.26. The first-order valence-corrected chi connectivity index (χ1v) is 6.52. The Bertz CT molecular complexity index is 162. The SMILES string of the molecule is CNC(CN(C)C(C)C)C1CCCCC1. The summed E-state index contributed by atoms with van der Waals surface area (Å²) in [7, 11) is 4.35. The van der Waals surface area contributed by atoms with E-state index < -0.39 is 0 Å². The number of rotatable bonds is 5. The molecule has 0 heterocycles. The quantitative estimate of drug-likeness (QED) is 0.753.